The molecule has 1 rings (SSSR count). The second-order valence-corrected chi connectivity index (χ2v) is 7.81. The fourth-order valence-electron chi connectivity index (χ4n) is 3.32. The molecule has 0 aliphatic carbocycles. The zero-order valence-electron chi connectivity index (χ0n) is 17.8. The Morgan fingerprint density at radius 1 is 0.857 bits per heavy atom. The molecule has 0 saturated heterocycles. The van der Waals surface area contributed by atoms with Crippen LogP contribution in [0.1, 0.15) is 103 Å². The molecule has 0 aliphatic heterocycles. The summed E-state index contributed by atoms with van der Waals surface area (Å²) in [6.45, 7) is 2.26. The van der Waals surface area contributed by atoms with Gasteiger partial charge in [-0.3, -0.25) is 0 Å². The maximum Gasteiger partial charge on any atom is 0.332 e. The third-order valence-electron chi connectivity index (χ3n) is 5.13. The van der Waals surface area contributed by atoms with E-state index >= 15 is 0 Å². The minimum Gasteiger partial charge on any atom is -0.393 e. The number of aliphatic hydroxyl groups excluding tert-OH is 1. The van der Waals surface area contributed by atoms with Crippen LogP contribution >= 0.6 is 0 Å². The first kappa shape index (κ1) is 24.5. The van der Waals surface area contributed by atoms with Crippen LogP contribution in [0.25, 0.3) is 0 Å². The van der Waals surface area contributed by atoms with Crippen molar-refractivity contribution in [2.75, 3.05) is 5.48 Å². The molecule has 2 N–H and O–H groups in total. The number of hydrogen-bond donors (Lipinski definition) is 2. The molecule has 0 spiro atoms. The monoisotopic (exact) mass is 391 g/mol. The van der Waals surface area contributed by atoms with Crippen LogP contribution in [0.5, 0.6) is 0 Å². The van der Waals surface area contributed by atoms with Crippen LogP contribution in [0.4, 0.5) is 5.69 Å². The van der Waals surface area contributed by atoms with Gasteiger partial charge >= 0.3 is 5.97 Å². The number of aliphatic hydroxyl groups is 1. The van der Waals surface area contributed by atoms with E-state index in [-0.39, 0.29) is 12.4 Å². The molecule has 1 aromatic rings. The fourth-order valence-corrected chi connectivity index (χ4v) is 3.32. The molecular formula is C24H41NO3. The lowest BCUT2D eigenvalue weighted by Crippen LogP contribution is -2.14. The molecule has 4 nitrogen and oxygen atoms in total. The first-order valence-corrected chi connectivity index (χ1v) is 11.4. The largest absolute Gasteiger partial charge is 0.393 e. The number of carbonyl (C=O) groups excluding carboxylic acids is 1. The van der Waals surface area contributed by atoms with Crippen molar-refractivity contribution in [2.45, 2.75) is 109 Å². The number of nitrogens with one attached hydrogen (secondary N) is 1. The predicted molar refractivity (Wildman–Crippen MR) is 117 cm³/mol. The van der Waals surface area contributed by atoms with E-state index in [4.69, 9.17) is 4.84 Å². The summed E-state index contributed by atoms with van der Waals surface area (Å²) in [5, 5.41) is 10.0. The Kier molecular flexibility index (Phi) is 15.3. The quantitative estimate of drug-likeness (QED) is 0.214. The Labute approximate surface area is 172 Å². The van der Waals surface area contributed by atoms with Crippen molar-refractivity contribution in [2.24, 2.45) is 0 Å². The Morgan fingerprint density at radius 3 is 1.96 bits per heavy atom. The standard InChI is InChI=1S/C24H41NO3/c1-2-3-4-5-6-7-8-9-10-11-12-16-19-23(26)20-21-24(27)28-25-22-17-14-13-15-18-22/h13-15,17-18,23,25-26H,2-12,16,19-21H2,1H3. The minimum absolute atomic E-state index is 0.235. The summed E-state index contributed by atoms with van der Waals surface area (Å²) in [5.41, 5.74) is 3.37. The summed E-state index contributed by atoms with van der Waals surface area (Å²) in [6, 6.07) is 9.30. The van der Waals surface area contributed by atoms with Gasteiger partial charge in [0.1, 0.15) is 0 Å². The average molecular weight is 392 g/mol. The molecule has 0 bridgehead atoms. The van der Waals surface area contributed by atoms with Crippen molar-refractivity contribution in [3.8, 4) is 0 Å². The first-order chi connectivity index (χ1) is 13.7. The van der Waals surface area contributed by atoms with Gasteiger partial charge in [0.2, 0.25) is 0 Å². The van der Waals surface area contributed by atoms with E-state index < -0.39 is 6.10 Å². The lowest BCUT2D eigenvalue weighted by atomic mass is 10.0. The molecule has 0 fully saturated rings. The van der Waals surface area contributed by atoms with Gasteiger partial charge in [0, 0.05) is 0 Å². The molecule has 28 heavy (non-hydrogen) atoms. The molecule has 1 unspecified atom stereocenters. The van der Waals surface area contributed by atoms with Gasteiger partial charge in [0.05, 0.1) is 18.2 Å². The van der Waals surface area contributed by atoms with Gasteiger partial charge in [-0.1, -0.05) is 102 Å². The van der Waals surface area contributed by atoms with E-state index in [1.165, 1.54) is 70.6 Å². The van der Waals surface area contributed by atoms with Crippen molar-refractivity contribution in [1.82, 2.24) is 0 Å². The SMILES string of the molecule is CCCCCCCCCCCCCCC(O)CCC(=O)ONc1ccccc1. The summed E-state index contributed by atoms with van der Waals surface area (Å²) in [4.78, 5) is 16.7. The van der Waals surface area contributed by atoms with Gasteiger partial charge < -0.3 is 9.94 Å². The van der Waals surface area contributed by atoms with Crippen molar-refractivity contribution in [3.05, 3.63) is 30.3 Å². The number of carbonyl (C=O) groups is 1. The van der Waals surface area contributed by atoms with Crippen molar-refractivity contribution in [3.63, 3.8) is 0 Å². The van der Waals surface area contributed by atoms with Crippen molar-refractivity contribution >= 4 is 11.7 Å². The van der Waals surface area contributed by atoms with Gasteiger partial charge in [0.25, 0.3) is 0 Å². The van der Waals surface area contributed by atoms with Gasteiger partial charge in [-0.05, 0) is 25.0 Å². The Hall–Kier alpha value is -1.55. The van der Waals surface area contributed by atoms with Gasteiger partial charge in [0.15, 0.2) is 0 Å². The average Bonchev–Trinajstić information content (AvgIpc) is 2.72. The van der Waals surface area contributed by atoms with E-state index in [1.54, 1.807) is 0 Å². The van der Waals surface area contributed by atoms with E-state index in [9.17, 15) is 9.90 Å². The van der Waals surface area contributed by atoms with Crippen molar-refractivity contribution < 1.29 is 14.7 Å². The number of benzene rings is 1. The lowest BCUT2D eigenvalue weighted by Gasteiger charge is -2.10. The molecule has 160 valence electrons. The van der Waals surface area contributed by atoms with Crippen molar-refractivity contribution in [1.29, 1.82) is 0 Å². The van der Waals surface area contributed by atoms with Gasteiger partial charge in [-0.2, -0.15) is 0 Å². The summed E-state index contributed by atoms with van der Waals surface area (Å²) in [5.74, 6) is -0.336. The van der Waals surface area contributed by atoms with Crippen LogP contribution in [0, 0.1) is 0 Å². The van der Waals surface area contributed by atoms with E-state index in [2.05, 4.69) is 12.4 Å². The highest BCUT2D eigenvalue weighted by atomic mass is 16.7. The summed E-state index contributed by atoms with van der Waals surface area (Å²) >= 11 is 0. The third kappa shape index (κ3) is 14.5. The highest BCUT2D eigenvalue weighted by Gasteiger charge is 2.09. The highest BCUT2D eigenvalue weighted by Crippen LogP contribution is 2.14. The fraction of sp³-hybridized carbons (Fsp3) is 0.708. The number of unbranched alkanes of at least 4 members (excludes halogenated alkanes) is 11. The minimum atomic E-state index is -0.410. The zero-order chi connectivity index (χ0) is 20.3. The van der Waals surface area contributed by atoms with Crippen LogP contribution in [0.15, 0.2) is 30.3 Å². The molecule has 1 atom stereocenters. The smallest absolute Gasteiger partial charge is 0.332 e. The second-order valence-electron chi connectivity index (χ2n) is 7.81. The molecule has 0 amide bonds. The van der Waals surface area contributed by atoms with Crippen LogP contribution < -0.4 is 5.48 Å². The van der Waals surface area contributed by atoms with E-state index in [0.717, 1.165) is 18.5 Å². The molecule has 1 aromatic carbocycles. The Bertz CT molecular complexity index is 478. The number of hydrogen-bond acceptors (Lipinski definition) is 4. The molecular weight excluding hydrogens is 350 g/mol. The maximum atomic E-state index is 11.7. The molecule has 4 heteroatoms. The maximum absolute atomic E-state index is 11.7. The molecule has 0 heterocycles. The topological polar surface area (TPSA) is 58.6 Å². The van der Waals surface area contributed by atoms with Crippen LogP contribution in [0.2, 0.25) is 0 Å². The van der Waals surface area contributed by atoms with E-state index in [0.29, 0.717) is 6.42 Å². The first-order valence-electron chi connectivity index (χ1n) is 11.4. The molecule has 0 aliphatic rings. The van der Waals surface area contributed by atoms with E-state index in [1.807, 2.05) is 30.3 Å². The summed E-state index contributed by atoms with van der Waals surface area (Å²) in [6.07, 6.45) is 16.9. The Balaban J connectivity index is 1.86. The molecule has 0 radical (unpaired) electrons. The van der Waals surface area contributed by atoms with Crippen LogP contribution in [-0.2, 0) is 9.63 Å². The molecule has 0 aromatic heterocycles. The zero-order valence-corrected chi connectivity index (χ0v) is 17.8. The molecule has 0 saturated carbocycles. The summed E-state index contributed by atoms with van der Waals surface area (Å²) in [7, 11) is 0. The number of para-hydroxylation sites is 1. The lowest BCUT2D eigenvalue weighted by molar-refractivity contribution is -0.141. The van der Waals surface area contributed by atoms with Crippen LogP contribution in [0.3, 0.4) is 0 Å². The summed E-state index contributed by atoms with van der Waals surface area (Å²) < 4.78 is 0. The highest BCUT2D eigenvalue weighted by molar-refractivity contribution is 5.70. The normalized spacial score (nSPS) is 11.9. The van der Waals surface area contributed by atoms with Crippen LogP contribution in [-0.4, -0.2) is 17.2 Å². The second kappa shape index (κ2) is 17.5. The third-order valence-corrected chi connectivity index (χ3v) is 5.13. The Morgan fingerprint density at radius 2 is 1.39 bits per heavy atom. The van der Waals surface area contributed by atoms with Gasteiger partial charge in [-0.25, -0.2) is 10.3 Å². The number of rotatable bonds is 18. The predicted octanol–water partition coefficient (Wildman–Crippen LogP) is 6.79. The van der Waals surface area contributed by atoms with Gasteiger partial charge in [-0.15, -0.1) is 0 Å². The number of anilines is 1.